The molecule has 1 aliphatic rings. The molecule has 6 heteroatoms. The molecule has 0 bridgehead atoms. The maximum atomic E-state index is 11.8. The summed E-state index contributed by atoms with van der Waals surface area (Å²) in [7, 11) is 1.38. The summed E-state index contributed by atoms with van der Waals surface area (Å²) in [6, 6.07) is 13.5. The Hall–Kier alpha value is -2.99. The normalized spacial score (nSPS) is 15.3. The average Bonchev–Trinajstić information content (AvgIpc) is 2.81. The Kier molecular flexibility index (Phi) is 7.46. The van der Waals surface area contributed by atoms with Crippen molar-refractivity contribution in [3.05, 3.63) is 66.1 Å². The molecule has 0 unspecified atom stereocenters. The summed E-state index contributed by atoms with van der Waals surface area (Å²) in [4.78, 5) is 13.5. The molecule has 0 aromatic heterocycles. The lowest BCUT2D eigenvalue weighted by Crippen LogP contribution is -2.39. The van der Waals surface area contributed by atoms with E-state index in [0.29, 0.717) is 18.0 Å². The summed E-state index contributed by atoms with van der Waals surface area (Å²) in [6.45, 7) is 10.4. The van der Waals surface area contributed by atoms with Crippen molar-refractivity contribution in [3.63, 3.8) is 0 Å². The number of hydrogen-bond donors (Lipinski definition) is 1. The third-order valence-corrected chi connectivity index (χ3v) is 5.90. The van der Waals surface area contributed by atoms with Crippen LogP contribution in [0.3, 0.4) is 0 Å². The number of aryl methyl sites for hydroxylation is 1. The van der Waals surface area contributed by atoms with E-state index in [1.54, 1.807) is 11.0 Å². The van der Waals surface area contributed by atoms with E-state index in [4.69, 9.17) is 14.2 Å². The molecule has 0 aliphatic carbocycles. The van der Waals surface area contributed by atoms with Crippen LogP contribution in [0.5, 0.6) is 5.75 Å². The number of carbonyl (C=O) groups is 1. The van der Waals surface area contributed by atoms with Gasteiger partial charge < -0.3 is 24.2 Å². The maximum absolute atomic E-state index is 11.8. The van der Waals surface area contributed by atoms with E-state index in [-0.39, 0.29) is 24.4 Å². The third-order valence-electron chi connectivity index (χ3n) is 5.90. The quantitative estimate of drug-likeness (QED) is 0.345. The number of aliphatic hydroxyl groups excluding tert-OH is 1. The molecule has 3 rings (SSSR count). The van der Waals surface area contributed by atoms with Gasteiger partial charge in [0.15, 0.2) is 5.88 Å². The van der Waals surface area contributed by atoms with Crippen molar-refractivity contribution in [2.75, 3.05) is 20.4 Å². The van der Waals surface area contributed by atoms with E-state index in [2.05, 4.69) is 19.6 Å². The van der Waals surface area contributed by atoms with Gasteiger partial charge in [0, 0.05) is 0 Å². The van der Waals surface area contributed by atoms with Gasteiger partial charge >= 0.3 is 5.97 Å². The zero-order chi connectivity index (χ0) is 23.3. The molecule has 0 spiro atoms. The molecular formula is C26H33NO5. The highest BCUT2D eigenvalue weighted by atomic mass is 16.5. The maximum Gasteiger partial charge on any atom is 0.337 e. The number of rotatable bonds is 9. The standard InChI is InChI=1S/C26H33NO5/c1-6-26(3,4)32-18(2)27(17-28)16-23-12-10-21-14-20(11-13-24(21)31-23)19-8-7-9-22(15-19)25(29)30-5/h7-9,11,13-15,23,28H,2,6,10,12,16-17H2,1,3-5H3/t23-/m1/s1. The Morgan fingerprint density at radius 1 is 1.25 bits per heavy atom. The third kappa shape index (κ3) is 5.62. The first-order valence-corrected chi connectivity index (χ1v) is 11.0. The van der Waals surface area contributed by atoms with Crippen molar-refractivity contribution >= 4 is 5.97 Å². The zero-order valence-corrected chi connectivity index (χ0v) is 19.4. The number of esters is 1. The van der Waals surface area contributed by atoms with Crippen molar-refractivity contribution < 1.29 is 24.1 Å². The van der Waals surface area contributed by atoms with Gasteiger partial charge in [-0.1, -0.05) is 25.1 Å². The van der Waals surface area contributed by atoms with Gasteiger partial charge in [-0.15, -0.1) is 0 Å². The predicted molar refractivity (Wildman–Crippen MR) is 124 cm³/mol. The van der Waals surface area contributed by atoms with Crippen LogP contribution in [0.25, 0.3) is 11.1 Å². The number of nitrogens with zero attached hydrogens (tertiary/aromatic N) is 1. The number of carbonyl (C=O) groups excluding carboxylic acids is 1. The second-order valence-electron chi connectivity index (χ2n) is 8.65. The van der Waals surface area contributed by atoms with Crippen LogP contribution in [0.2, 0.25) is 0 Å². The number of aliphatic hydroxyl groups is 1. The van der Waals surface area contributed by atoms with Crippen LogP contribution in [0.15, 0.2) is 54.9 Å². The smallest absolute Gasteiger partial charge is 0.337 e. The van der Waals surface area contributed by atoms with E-state index in [0.717, 1.165) is 41.7 Å². The first-order valence-electron chi connectivity index (χ1n) is 11.0. The molecule has 2 aromatic rings. The highest BCUT2D eigenvalue weighted by Crippen LogP contribution is 2.33. The molecule has 1 atom stereocenters. The summed E-state index contributed by atoms with van der Waals surface area (Å²) < 4.78 is 17.0. The Morgan fingerprint density at radius 2 is 2.00 bits per heavy atom. The van der Waals surface area contributed by atoms with Crippen molar-refractivity contribution in [2.24, 2.45) is 0 Å². The Bertz CT molecular complexity index is 968. The van der Waals surface area contributed by atoms with Crippen LogP contribution in [0.1, 0.15) is 49.5 Å². The van der Waals surface area contributed by atoms with Crippen molar-refractivity contribution in [1.82, 2.24) is 4.90 Å². The van der Waals surface area contributed by atoms with Gasteiger partial charge in [0.2, 0.25) is 0 Å². The molecule has 0 radical (unpaired) electrons. The fourth-order valence-corrected chi connectivity index (χ4v) is 3.64. The molecule has 2 aromatic carbocycles. The van der Waals surface area contributed by atoms with Crippen LogP contribution in [-0.4, -0.2) is 48.1 Å². The topological polar surface area (TPSA) is 68.2 Å². The molecule has 32 heavy (non-hydrogen) atoms. The van der Waals surface area contributed by atoms with Gasteiger partial charge in [-0.3, -0.25) is 0 Å². The highest BCUT2D eigenvalue weighted by Gasteiger charge is 2.26. The molecule has 0 amide bonds. The second kappa shape index (κ2) is 10.1. The van der Waals surface area contributed by atoms with Gasteiger partial charge in [-0.25, -0.2) is 4.79 Å². The number of fused-ring (bicyclic) bond motifs is 1. The monoisotopic (exact) mass is 439 g/mol. The first kappa shape index (κ1) is 23.7. The molecule has 1 aliphatic heterocycles. The summed E-state index contributed by atoms with van der Waals surface area (Å²) in [6.07, 6.45) is 2.44. The number of hydrogen-bond acceptors (Lipinski definition) is 6. The Balaban J connectivity index is 1.69. The van der Waals surface area contributed by atoms with Crippen LogP contribution in [0, 0.1) is 0 Å². The highest BCUT2D eigenvalue weighted by molar-refractivity contribution is 5.91. The van der Waals surface area contributed by atoms with E-state index < -0.39 is 0 Å². The molecule has 172 valence electrons. The lowest BCUT2D eigenvalue weighted by molar-refractivity contribution is -0.0429. The predicted octanol–water partition coefficient (Wildman–Crippen LogP) is 4.76. The number of methoxy groups -OCH3 is 1. The number of benzene rings is 2. The first-order chi connectivity index (χ1) is 15.3. The van der Waals surface area contributed by atoms with E-state index in [1.807, 2.05) is 44.2 Å². The van der Waals surface area contributed by atoms with Crippen molar-refractivity contribution in [3.8, 4) is 16.9 Å². The van der Waals surface area contributed by atoms with Gasteiger partial charge in [0.25, 0.3) is 0 Å². The molecular weight excluding hydrogens is 406 g/mol. The van der Waals surface area contributed by atoms with Crippen LogP contribution >= 0.6 is 0 Å². The van der Waals surface area contributed by atoms with Crippen LogP contribution < -0.4 is 4.74 Å². The molecule has 0 fully saturated rings. The minimum absolute atomic E-state index is 0.0757. The van der Waals surface area contributed by atoms with Crippen molar-refractivity contribution in [1.29, 1.82) is 0 Å². The van der Waals surface area contributed by atoms with Crippen LogP contribution in [0.4, 0.5) is 0 Å². The van der Waals surface area contributed by atoms with Gasteiger partial charge in [-0.05, 0) is 80.6 Å². The SMILES string of the molecule is C=C(OC(C)(C)CC)N(CO)C[C@H]1CCc2cc(-c3cccc(C(=O)OC)c3)ccc2O1. The average molecular weight is 440 g/mol. The summed E-state index contributed by atoms with van der Waals surface area (Å²) >= 11 is 0. The second-order valence-corrected chi connectivity index (χ2v) is 8.65. The summed E-state index contributed by atoms with van der Waals surface area (Å²) in [5, 5.41) is 9.83. The Labute approximate surface area is 190 Å². The largest absolute Gasteiger partial charge is 0.488 e. The minimum Gasteiger partial charge on any atom is -0.488 e. The molecule has 0 saturated heterocycles. The van der Waals surface area contributed by atoms with Crippen molar-refractivity contribution in [2.45, 2.75) is 51.7 Å². The van der Waals surface area contributed by atoms with E-state index in [9.17, 15) is 9.90 Å². The lowest BCUT2D eigenvalue weighted by Gasteiger charge is -2.35. The summed E-state index contributed by atoms with van der Waals surface area (Å²) in [5.41, 5.74) is 3.29. The van der Waals surface area contributed by atoms with Crippen LogP contribution in [-0.2, 0) is 15.9 Å². The minimum atomic E-state index is -0.350. The zero-order valence-electron chi connectivity index (χ0n) is 19.4. The van der Waals surface area contributed by atoms with Gasteiger partial charge in [0.1, 0.15) is 24.2 Å². The molecule has 1 heterocycles. The lowest BCUT2D eigenvalue weighted by atomic mass is 9.96. The fourth-order valence-electron chi connectivity index (χ4n) is 3.64. The van der Waals surface area contributed by atoms with E-state index >= 15 is 0 Å². The van der Waals surface area contributed by atoms with Gasteiger partial charge in [0.05, 0.1) is 19.2 Å². The molecule has 0 saturated carbocycles. The van der Waals surface area contributed by atoms with Gasteiger partial charge in [-0.2, -0.15) is 0 Å². The fraction of sp³-hybridized carbons (Fsp3) is 0.423. The number of ether oxygens (including phenoxy) is 3. The molecule has 1 N–H and O–H groups in total. The van der Waals surface area contributed by atoms with E-state index in [1.165, 1.54) is 7.11 Å². The Morgan fingerprint density at radius 3 is 2.69 bits per heavy atom. The summed E-state index contributed by atoms with van der Waals surface area (Å²) in [5.74, 6) is 0.944. The molecule has 6 nitrogen and oxygen atoms in total.